The van der Waals surface area contributed by atoms with Crippen LogP contribution >= 0.6 is 39.9 Å². The van der Waals surface area contributed by atoms with Crippen molar-refractivity contribution < 1.29 is 4.79 Å². The molecule has 0 aliphatic carbocycles. The number of anilines is 1. The Morgan fingerprint density at radius 3 is 2.95 bits per heavy atom. The van der Waals surface area contributed by atoms with Crippen molar-refractivity contribution in [1.29, 1.82) is 0 Å². The number of nitrogens with one attached hydrogen (secondary N) is 2. The standard InChI is InChI=1S/C15H21BrClN3O.ClH/c1-20(12-3-2-7-18-8-6-12)10-15(21)19-14-5-4-11(16)9-13(14)17;/h4-5,9,12,18H,2-3,6-8,10H2,1H3,(H,19,21);1H. The van der Waals surface area contributed by atoms with Crippen LogP contribution in [0.15, 0.2) is 22.7 Å². The van der Waals surface area contributed by atoms with Crippen molar-refractivity contribution in [3.8, 4) is 0 Å². The van der Waals surface area contributed by atoms with Crippen molar-refractivity contribution in [2.75, 3.05) is 32.0 Å². The number of likely N-dealkylation sites (N-methyl/N-ethyl adjacent to an activating group) is 1. The minimum Gasteiger partial charge on any atom is -0.324 e. The monoisotopic (exact) mass is 409 g/mol. The van der Waals surface area contributed by atoms with Crippen molar-refractivity contribution in [3.63, 3.8) is 0 Å². The van der Waals surface area contributed by atoms with Crippen molar-refractivity contribution in [1.82, 2.24) is 10.2 Å². The number of rotatable bonds is 4. The fraction of sp³-hybridized carbons (Fsp3) is 0.533. The van der Waals surface area contributed by atoms with Gasteiger partial charge in [-0.3, -0.25) is 9.69 Å². The van der Waals surface area contributed by atoms with E-state index in [0.29, 0.717) is 23.3 Å². The van der Waals surface area contributed by atoms with E-state index in [9.17, 15) is 4.79 Å². The van der Waals surface area contributed by atoms with Gasteiger partial charge in [0.05, 0.1) is 17.3 Å². The number of carbonyl (C=O) groups excluding carboxylic acids is 1. The van der Waals surface area contributed by atoms with Crippen molar-refractivity contribution >= 4 is 51.5 Å². The molecule has 7 heteroatoms. The molecule has 1 aliphatic rings. The maximum Gasteiger partial charge on any atom is 0.238 e. The summed E-state index contributed by atoms with van der Waals surface area (Å²) in [5.74, 6) is -0.0288. The molecule has 1 aliphatic heterocycles. The highest BCUT2D eigenvalue weighted by Crippen LogP contribution is 2.25. The normalized spacial score (nSPS) is 18.5. The molecule has 0 spiro atoms. The van der Waals surface area contributed by atoms with Gasteiger partial charge in [0, 0.05) is 10.5 Å². The van der Waals surface area contributed by atoms with Gasteiger partial charge >= 0.3 is 0 Å². The molecule has 1 aromatic rings. The van der Waals surface area contributed by atoms with Crippen molar-refractivity contribution in [2.45, 2.75) is 25.3 Å². The number of nitrogens with zero attached hydrogens (tertiary/aromatic N) is 1. The van der Waals surface area contributed by atoms with E-state index < -0.39 is 0 Å². The van der Waals surface area contributed by atoms with Crippen LogP contribution in [0.5, 0.6) is 0 Å². The minimum atomic E-state index is -0.0288. The summed E-state index contributed by atoms with van der Waals surface area (Å²) in [5.41, 5.74) is 0.654. The Kier molecular flexibility index (Phi) is 8.72. The maximum absolute atomic E-state index is 12.1. The van der Waals surface area contributed by atoms with Gasteiger partial charge in [-0.2, -0.15) is 0 Å². The molecular formula is C15H22BrCl2N3O. The van der Waals surface area contributed by atoms with Crippen LogP contribution < -0.4 is 10.6 Å². The Morgan fingerprint density at radius 1 is 1.45 bits per heavy atom. The topological polar surface area (TPSA) is 44.4 Å². The van der Waals surface area contributed by atoms with Gasteiger partial charge in [0.2, 0.25) is 5.91 Å². The van der Waals surface area contributed by atoms with E-state index in [1.165, 1.54) is 0 Å². The second kappa shape index (κ2) is 9.73. The molecular weight excluding hydrogens is 389 g/mol. The van der Waals surface area contributed by atoms with Crippen LogP contribution in [0.1, 0.15) is 19.3 Å². The molecule has 2 rings (SSSR count). The number of benzene rings is 1. The first-order valence-electron chi connectivity index (χ1n) is 7.22. The van der Waals surface area contributed by atoms with Crippen LogP contribution in [0.2, 0.25) is 5.02 Å². The Balaban J connectivity index is 0.00000242. The highest BCUT2D eigenvalue weighted by Gasteiger charge is 2.19. The Hall–Kier alpha value is -0.330. The molecule has 2 N–H and O–H groups in total. The number of hydrogen-bond donors (Lipinski definition) is 2. The van der Waals surface area contributed by atoms with E-state index in [0.717, 1.165) is 36.8 Å². The van der Waals surface area contributed by atoms with E-state index in [1.54, 1.807) is 12.1 Å². The predicted octanol–water partition coefficient (Wildman–Crippen LogP) is 3.54. The van der Waals surface area contributed by atoms with Crippen LogP contribution in [-0.4, -0.2) is 43.5 Å². The molecule has 1 amide bonds. The first-order chi connectivity index (χ1) is 10.1. The van der Waals surface area contributed by atoms with E-state index in [2.05, 4.69) is 31.5 Å². The number of hydrogen-bond acceptors (Lipinski definition) is 3. The third-order valence-corrected chi connectivity index (χ3v) is 4.57. The zero-order valence-corrected chi connectivity index (χ0v) is 15.7. The first-order valence-corrected chi connectivity index (χ1v) is 8.39. The largest absolute Gasteiger partial charge is 0.324 e. The quantitative estimate of drug-likeness (QED) is 0.797. The molecule has 124 valence electrons. The highest BCUT2D eigenvalue weighted by atomic mass is 79.9. The van der Waals surface area contributed by atoms with Gasteiger partial charge in [0.1, 0.15) is 0 Å². The molecule has 1 aromatic carbocycles. The zero-order chi connectivity index (χ0) is 15.2. The zero-order valence-electron chi connectivity index (χ0n) is 12.6. The summed E-state index contributed by atoms with van der Waals surface area (Å²) in [7, 11) is 2.01. The van der Waals surface area contributed by atoms with Crippen LogP contribution in [0.25, 0.3) is 0 Å². The van der Waals surface area contributed by atoms with Crippen LogP contribution in [0.3, 0.4) is 0 Å². The Morgan fingerprint density at radius 2 is 2.23 bits per heavy atom. The molecule has 4 nitrogen and oxygen atoms in total. The van der Waals surface area contributed by atoms with Crippen LogP contribution in [0.4, 0.5) is 5.69 Å². The van der Waals surface area contributed by atoms with Crippen molar-refractivity contribution in [2.24, 2.45) is 0 Å². The van der Waals surface area contributed by atoms with Gasteiger partial charge in [-0.25, -0.2) is 0 Å². The molecule has 1 unspecified atom stereocenters. The fourth-order valence-electron chi connectivity index (χ4n) is 2.58. The minimum absolute atomic E-state index is 0. The second-order valence-electron chi connectivity index (χ2n) is 5.42. The summed E-state index contributed by atoms with van der Waals surface area (Å²) in [4.78, 5) is 14.3. The SMILES string of the molecule is CN(CC(=O)Nc1ccc(Br)cc1Cl)C1CCCNCC1.Cl. The van der Waals surface area contributed by atoms with E-state index in [4.69, 9.17) is 11.6 Å². The van der Waals surface area contributed by atoms with Gasteiger partial charge in [-0.05, 0) is 57.6 Å². The van der Waals surface area contributed by atoms with Gasteiger partial charge in [0.25, 0.3) is 0 Å². The lowest BCUT2D eigenvalue weighted by molar-refractivity contribution is -0.117. The fourth-order valence-corrected chi connectivity index (χ4v) is 3.30. The predicted molar refractivity (Wildman–Crippen MR) is 98.2 cm³/mol. The van der Waals surface area contributed by atoms with Crippen molar-refractivity contribution in [3.05, 3.63) is 27.7 Å². The Labute approximate surface area is 151 Å². The third kappa shape index (κ3) is 6.05. The van der Waals surface area contributed by atoms with Gasteiger partial charge in [0.15, 0.2) is 0 Å². The Bertz CT molecular complexity index is 494. The lowest BCUT2D eigenvalue weighted by Crippen LogP contribution is -2.38. The highest BCUT2D eigenvalue weighted by molar-refractivity contribution is 9.10. The number of amides is 1. The van der Waals surface area contributed by atoms with Gasteiger partial charge in [-0.15, -0.1) is 12.4 Å². The summed E-state index contributed by atoms with van der Waals surface area (Å²) >= 11 is 9.46. The lowest BCUT2D eigenvalue weighted by Gasteiger charge is -2.26. The van der Waals surface area contributed by atoms with E-state index >= 15 is 0 Å². The van der Waals surface area contributed by atoms with Gasteiger partial charge < -0.3 is 10.6 Å². The number of carbonyl (C=O) groups is 1. The number of halogens is 3. The smallest absolute Gasteiger partial charge is 0.238 e. The van der Waals surface area contributed by atoms with E-state index in [1.807, 2.05) is 13.1 Å². The first kappa shape index (κ1) is 19.7. The average Bonchev–Trinajstić information content (AvgIpc) is 2.71. The molecule has 1 fully saturated rings. The average molecular weight is 411 g/mol. The van der Waals surface area contributed by atoms with Crippen LogP contribution in [-0.2, 0) is 4.79 Å². The van der Waals surface area contributed by atoms with Gasteiger partial charge in [-0.1, -0.05) is 27.5 Å². The summed E-state index contributed by atoms with van der Waals surface area (Å²) < 4.78 is 0.897. The van der Waals surface area contributed by atoms with Crippen LogP contribution in [0, 0.1) is 0 Å². The molecule has 1 saturated heterocycles. The molecule has 0 saturated carbocycles. The van der Waals surface area contributed by atoms with E-state index in [-0.39, 0.29) is 18.3 Å². The second-order valence-corrected chi connectivity index (χ2v) is 6.75. The third-order valence-electron chi connectivity index (χ3n) is 3.77. The molecule has 0 radical (unpaired) electrons. The molecule has 22 heavy (non-hydrogen) atoms. The summed E-state index contributed by atoms with van der Waals surface area (Å²) in [6, 6.07) is 5.91. The summed E-state index contributed by atoms with van der Waals surface area (Å²) in [6.45, 7) is 2.48. The molecule has 0 aromatic heterocycles. The maximum atomic E-state index is 12.1. The molecule has 0 bridgehead atoms. The summed E-state index contributed by atoms with van der Waals surface area (Å²) in [5, 5.41) is 6.80. The lowest BCUT2D eigenvalue weighted by atomic mass is 10.1. The molecule has 1 atom stereocenters. The molecule has 1 heterocycles. The summed E-state index contributed by atoms with van der Waals surface area (Å²) in [6.07, 6.45) is 3.38.